The number of carbonyl (C=O) groups is 1. The number of rotatable bonds is 1. The highest BCUT2D eigenvalue weighted by molar-refractivity contribution is 7.17. The monoisotopic (exact) mass is 243 g/mol. The summed E-state index contributed by atoms with van der Waals surface area (Å²) in [6.07, 6.45) is 1.04. The van der Waals surface area contributed by atoms with Crippen molar-refractivity contribution >= 4 is 17.2 Å². The van der Waals surface area contributed by atoms with Gasteiger partial charge in [-0.1, -0.05) is 31.2 Å². The van der Waals surface area contributed by atoms with Gasteiger partial charge in [0.1, 0.15) is 0 Å². The van der Waals surface area contributed by atoms with Gasteiger partial charge < -0.3 is 5.73 Å². The second kappa shape index (κ2) is 3.70. The van der Waals surface area contributed by atoms with Crippen molar-refractivity contribution in [3.63, 3.8) is 0 Å². The summed E-state index contributed by atoms with van der Waals surface area (Å²) in [7, 11) is 0. The van der Waals surface area contributed by atoms with E-state index in [1.807, 2.05) is 12.1 Å². The molecule has 0 saturated carbocycles. The number of fused-ring (bicyclic) bond motifs is 3. The SMILES string of the molecule is CC1Cc2ccccc2-c2sc(C(N)=O)cc21. The molecule has 1 atom stereocenters. The van der Waals surface area contributed by atoms with Crippen molar-refractivity contribution in [1.29, 1.82) is 0 Å². The van der Waals surface area contributed by atoms with Crippen LogP contribution in [0.5, 0.6) is 0 Å². The molecule has 86 valence electrons. The molecule has 1 unspecified atom stereocenters. The van der Waals surface area contributed by atoms with Crippen LogP contribution in [0.4, 0.5) is 0 Å². The molecule has 1 aromatic carbocycles. The maximum atomic E-state index is 11.3. The van der Waals surface area contributed by atoms with Crippen molar-refractivity contribution in [2.45, 2.75) is 19.3 Å². The fourth-order valence-corrected chi connectivity index (χ4v) is 3.66. The van der Waals surface area contributed by atoms with Gasteiger partial charge >= 0.3 is 0 Å². The van der Waals surface area contributed by atoms with E-state index in [2.05, 4.69) is 25.1 Å². The van der Waals surface area contributed by atoms with Crippen LogP contribution in [0, 0.1) is 0 Å². The van der Waals surface area contributed by atoms with E-state index < -0.39 is 0 Å². The van der Waals surface area contributed by atoms with Crippen molar-refractivity contribution in [1.82, 2.24) is 0 Å². The molecule has 17 heavy (non-hydrogen) atoms. The number of carbonyl (C=O) groups excluding carboxylic acids is 1. The Morgan fingerprint density at radius 3 is 2.94 bits per heavy atom. The summed E-state index contributed by atoms with van der Waals surface area (Å²) >= 11 is 1.52. The maximum Gasteiger partial charge on any atom is 0.258 e. The van der Waals surface area contributed by atoms with Crippen LogP contribution in [0.15, 0.2) is 30.3 Å². The Morgan fingerprint density at radius 2 is 2.18 bits per heavy atom. The van der Waals surface area contributed by atoms with Gasteiger partial charge in [-0.15, -0.1) is 11.3 Å². The molecule has 0 aliphatic heterocycles. The van der Waals surface area contributed by atoms with Gasteiger partial charge in [-0.05, 0) is 35.1 Å². The Labute approximate surface area is 104 Å². The molecule has 3 rings (SSSR count). The van der Waals surface area contributed by atoms with Crippen LogP contribution in [-0.2, 0) is 6.42 Å². The van der Waals surface area contributed by atoms with Crippen LogP contribution in [0.2, 0.25) is 0 Å². The number of amides is 1. The number of nitrogens with two attached hydrogens (primary N) is 1. The first-order chi connectivity index (χ1) is 8.16. The molecule has 0 bridgehead atoms. The summed E-state index contributed by atoms with van der Waals surface area (Å²) < 4.78 is 0. The number of primary amides is 1. The molecule has 0 radical (unpaired) electrons. The number of thiophene rings is 1. The van der Waals surface area contributed by atoms with E-state index in [1.165, 1.54) is 32.9 Å². The minimum Gasteiger partial charge on any atom is -0.365 e. The first kappa shape index (κ1) is 10.5. The topological polar surface area (TPSA) is 43.1 Å². The van der Waals surface area contributed by atoms with Gasteiger partial charge in [-0.2, -0.15) is 0 Å². The van der Waals surface area contributed by atoms with Crippen LogP contribution in [0.3, 0.4) is 0 Å². The van der Waals surface area contributed by atoms with Gasteiger partial charge in [0, 0.05) is 4.88 Å². The normalized spacial score (nSPS) is 17.4. The average Bonchev–Trinajstić information content (AvgIpc) is 2.75. The highest BCUT2D eigenvalue weighted by atomic mass is 32.1. The van der Waals surface area contributed by atoms with Gasteiger partial charge in [-0.3, -0.25) is 4.79 Å². The van der Waals surface area contributed by atoms with E-state index >= 15 is 0 Å². The van der Waals surface area contributed by atoms with Crippen LogP contribution >= 0.6 is 11.3 Å². The minimum atomic E-state index is -0.325. The summed E-state index contributed by atoms with van der Waals surface area (Å²) in [6, 6.07) is 10.4. The van der Waals surface area contributed by atoms with E-state index in [4.69, 9.17) is 5.73 Å². The number of hydrogen-bond donors (Lipinski definition) is 1. The second-order valence-electron chi connectivity index (χ2n) is 4.52. The molecular formula is C14H13NOS. The molecule has 1 aromatic heterocycles. The lowest BCUT2D eigenvalue weighted by Gasteiger charge is -2.21. The molecule has 1 aliphatic carbocycles. The fourth-order valence-electron chi connectivity index (χ4n) is 2.46. The third-order valence-electron chi connectivity index (χ3n) is 3.32. The number of hydrogen-bond acceptors (Lipinski definition) is 2. The molecule has 0 saturated heterocycles. The van der Waals surface area contributed by atoms with E-state index in [0.29, 0.717) is 10.8 Å². The molecule has 1 aliphatic rings. The molecule has 2 nitrogen and oxygen atoms in total. The quantitative estimate of drug-likeness (QED) is 0.821. The largest absolute Gasteiger partial charge is 0.365 e. The van der Waals surface area contributed by atoms with Crippen LogP contribution in [-0.4, -0.2) is 5.91 Å². The molecule has 1 amide bonds. The van der Waals surface area contributed by atoms with Crippen molar-refractivity contribution in [2.24, 2.45) is 5.73 Å². The zero-order chi connectivity index (χ0) is 12.0. The molecule has 0 spiro atoms. The Hall–Kier alpha value is -1.61. The van der Waals surface area contributed by atoms with Gasteiger partial charge in [0.05, 0.1) is 4.88 Å². The lowest BCUT2D eigenvalue weighted by Crippen LogP contribution is -2.08. The van der Waals surface area contributed by atoms with Crippen molar-refractivity contribution in [3.05, 3.63) is 46.3 Å². The molecule has 3 heteroatoms. The van der Waals surface area contributed by atoms with Gasteiger partial charge in [0.2, 0.25) is 0 Å². The standard InChI is InChI=1S/C14H13NOS/c1-8-6-9-4-2-3-5-10(9)13-11(8)7-12(17-13)14(15)16/h2-5,7-8H,6H2,1H3,(H2,15,16). The first-order valence-corrected chi connectivity index (χ1v) is 6.50. The third-order valence-corrected chi connectivity index (χ3v) is 4.52. The zero-order valence-corrected chi connectivity index (χ0v) is 10.4. The summed E-state index contributed by atoms with van der Waals surface area (Å²) in [5.74, 6) is 0.137. The molecule has 2 N–H and O–H groups in total. The van der Waals surface area contributed by atoms with Crippen molar-refractivity contribution in [2.75, 3.05) is 0 Å². The number of benzene rings is 1. The van der Waals surface area contributed by atoms with Crippen molar-refractivity contribution in [3.8, 4) is 10.4 Å². The molecule has 0 fully saturated rings. The summed E-state index contributed by atoms with van der Waals surface area (Å²) in [4.78, 5) is 13.2. The van der Waals surface area contributed by atoms with Crippen molar-refractivity contribution < 1.29 is 4.79 Å². The summed E-state index contributed by atoms with van der Waals surface area (Å²) in [5.41, 5.74) is 9.26. The molecular weight excluding hydrogens is 230 g/mol. The fraction of sp³-hybridized carbons (Fsp3) is 0.214. The maximum absolute atomic E-state index is 11.3. The first-order valence-electron chi connectivity index (χ1n) is 5.68. The highest BCUT2D eigenvalue weighted by Crippen LogP contribution is 2.44. The molecule has 2 aromatic rings. The van der Waals surface area contributed by atoms with Crippen LogP contribution in [0.25, 0.3) is 10.4 Å². The summed E-state index contributed by atoms with van der Waals surface area (Å²) in [6.45, 7) is 2.20. The second-order valence-corrected chi connectivity index (χ2v) is 5.57. The Bertz CT molecular complexity index is 600. The van der Waals surface area contributed by atoms with E-state index in [-0.39, 0.29) is 5.91 Å². The third kappa shape index (κ3) is 1.58. The summed E-state index contributed by atoms with van der Waals surface area (Å²) in [5, 5.41) is 0. The Kier molecular flexibility index (Phi) is 2.30. The van der Waals surface area contributed by atoms with Gasteiger partial charge in [0.25, 0.3) is 5.91 Å². The zero-order valence-electron chi connectivity index (χ0n) is 9.57. The predicted molar refractivity (Wildman–Crippen MR) is 70.4 cm³/mol. The van der Waals surface area contributed by atoms with Crippen LogP contribution < -0.4 is 5.73 Å². The van der Waals surface area contributed by atoms with Gasteiger partial charge in [0.15, 0.2) is 0 Å². The van der Waals surface area contributed by atoms with E-state index in [0.717, 1.165) is 6.42 Å². The average molecular weight is 243 g/mol. The lowest BCUT2D eigenvalue weighted by molar-refractivity contribution is 0.100. The predicted octanol–water partition coefficient (Wildman–Crippen LogP) is 3.17. The Balaban J connectivity index is 2.24. The smallest absolute Gasteiger partial charge is 0.258 e. The lowest BCUT2D eigenvalue weighted by atomic mass is 9.84. The van der Waals surface area contributed by atoms with E-state index in [9.17, 15) is 4.79 Å². The molecule has 1 heterocycles. The van der Waals surface area contributed by atoms with Gasteiger partial charge in [-0.25, -0.2) is 0 Å². The minimum absolute atomic E-state index is 0.325. The highest BCUT2D eigenvalue weighted by Gasteiger charge is 2.25. The van der Waals surface area contributed by atoms with Crippen LogP contribution in [0.1, 0.15) is 33.6 Å². The Morgan fingerprint density at radius 1 is 1.41 bits per heavy atom. The van der Waals surface area contributed by atoms with E-state index in [1.54, 1.807) is 0 Å².